The van der Waals surface area contributed by atoms with Crippen LogP contribution in [0.5, 0.6) is 0 Å². The molecule has 1 aliphatic rings. The van der Waals surface area contributed by atoms with E-state index < -0.39 is 0 Å². The third-order valence-corrected chi connectivity index (χ3v) is 4.85. The molecule has 0 saturated carbocycles. The average molecular weight is 364 g/mol. The SMILES string of the molecule is CC(=O)NCc1cc2n(n1)CCN(Cc1ccccc1Cn1cccn1)C2. The van der Waals surface area contributed by atoms with Crippen molar-refractivity contribution in [2.75, 3.05) is 6.54 Å². The van der Waals surface area contributed by atoms with Crippen LogP contribution in [0.3, 0.4) is 0 Å². The summed E-state index contributed by atoms with van der Waals surface area (Å²) in [5.74, 6) is -0.0311. The molecular formula is C20H24N6O. The highest BCUT2D eigenvalue weighted by molar-refractivity contribution is 5.72. The molecule has 0 spiro atoms. The van der Waals surface area contributed by atoms with Crippen molar-refractivity contribution in [2.24, 2.45) is 0 Å². The fraction of sp³-hybridized carbons (Fsp3) is 0.350. The number of benzene rings is 1. The Balaban J connectivity index is 1.44. The molecule has 3 aromatic rings. The molecule has 1 N–H and O–H groups in total. The second kappa shape index (κ2) is 7.75. The van der Waals surface area contributed by atoms with E-state index in [1.165, 1.54) is 23.7 Å². The van der Waals surface area contributed by atoms with Crippen LogP contribution in [-0.4, -0.2) is 36.9 Å². The number of rotatable bonds is 6. The monoisotopic (exact) mass is 364 g/mol. The second-order valence-corrected chi connectivity index (χ2v) is 6.94. The zero-order valence-electron chi connectivity index (χ0n) is 15.5. The number of carbonyl (C=O) groups is 1. The Hall–Kier alpha value is -2.93. The molecule has 27 heavy (non-hydrogen) atoms. The first-order valence-electron chi connectivity index (χ1n) is 9.24. The van der Waals surface area contributed by atoms with Gasteiger partial charge in [0.05, 0.1) is 31.0 Å². The predicted molar refractivity (Wildman–Crippen MR) is 102 cm³/mol. The summed E-state index contributed by atoms with van der Waals surface area (Å²) in [6, 6.07) is 12.6. The molecule has 1 amide bonds. The highest BCUT2D eigenvalue weighted by Gasteiger charge is 2.19. The Morgan fingerprint density at radius 1 is 1.15 bits per heavy atom. The molecule has 0 bridgehead atoms. The summed E-state index contributed by atoms with van der Waals surface area (Å²) in [5, 5.41) is 11.7. The minimum atomic E-state index is -0.0311. The van der Waals surface area contributed by atoms with Crippen molar-refractivity contribution in [3.8, 4) is 0 Å². The molecule has 0 unspecified atom stereocenters. The summed E-state index contributed by atoms with van der Waals surface area (Å²) in [4.78, 5) is 13.5. The van der Waals surface area contributed by atoms with Crippen LogP contribution >= 0.6 is 0 Å². The van der Waals surface area contributed by atoms with Crippen LogP contribution in [0, 0.1) is 0 Å². The fourth-order valence-electron chi connectivity index (χ4n) is 3.49. The van der Waals surface area contributed by atoms with Crippen LogP contribution in [0.4, 0.5) is 0 Å². The Labute approximate surface area is 158 Å². The molecule has 0 atom stereocenters. The van der Waals surface area contributed by atoms with E-state index in [0.29, 0.717) is 6.54 Å². The smallest absolute Gasteiger partial charge is 0.217 e. The van der Waals surface area contributed by atoms with Crippen molar-refractivity contribution in [3.63, 3.8) is 0 Å². The fourth-order valence-corrected chi connectivity index (χ4v) is 3.49. The Morgan fingerprint density at radius 3 is 2.70 bits per heavy atom. The molecule has 0 saturated heterocycles. The van der Waals surface area contributed by atoms with E-state index in [-0.39, 0.29) is 5.91 Å². The Morgan fingerprint density at radius 2 is 1.96 bits per heavy atom. The lowest BCUT2D eigenvalue weighted by atomic mass is 10.1. The van der Waals surface area contributed by atoms with Gasteiger partial charge in [-0.05, 0) is 23.3 Å². The normalized spacial score (nSPS) is 14.1. The van der Waals surface area contributed by atoms with Gasteiger partial charge in [0.15, 0.2) is 0 Å². The topological polar surface area (TPSA) is 68.0 Å². The van der Waals surface area contributed by atoms with E-state index in [1.807, 2.05) is 23.1 Å². The van der Waals surface area contributed by atoms with Gasteiger partial charge in [0.2, 0.25) is 5.91 Å². The third kappa shape index (κ3) is 4.25. The molecule has 7 nitrogen and oxygen atoms in total. The van der Waals surface area contributed by atoms with E-state index in [0.717, 1.165) is 38.4 Å². The molecule has 3 heterocycles. The highest BCUT2D eigenvalue weighted by atomic mass is 16.1. The van der Waals surface area contributed by atoms with Crippen molar-refractivity contribution < 1.29 is 4.79 Å². The lowest BCUT2D eigenvalue weighted by Gasteiger charge is -2.28. The van der Waals surface area contributed by atoms with Gasteiger partial charge in [0.25, 0.3) is 0 Å². The zero-order valence-corrected chi connectivity index (χ0v) is 15.5. The standard InChI is InChI=1S/C20H24N6O/c1-16(27)21-12-19-11-20-15-24(9-10-26(20)23-19)13-17-5-2-3-6-18(17)14-25-8-4-7-22-25/h2-8,11H,9-10,12-15H2,1H3,(H,21,27). The molecule has 0 fully saturated rings. The lowest BCUT2D eigenvalue weighted by molar-refractivity contribution is -0.119. The van der Waals surface area contributed by atoms with Crippen LogP contribution in [0.25, 0.3) is 0 Å². The minimum Gasteiger partial charge on any atom is -0.351 e. The summed E-state index contributed by atoms with van der Waals surface area (Å²) >= 11 is 0. The van der Waals surface area contributed by atoms with Crippen molar-refractivity contribution >= 4 is 5.91 Å². The summed E-state index contributed by atoms with van der Waals surface area (Å²) in [7, 11) is 0. The predicted octanol–water partition coefficient (Wildman–Crippen LogP) is 1.78. The lowest BCUT2D eigenvalue weighted by Crippen LogP contribution is -2.33. The van der Waals surface area contributed by atoms with E-state index in [1.54, 1.807) is 0 Å². The molecular weight excluding hydrogens is 340 g/mol. The van der Waals surface area contributed by atoms with Crippen LogP contribution in [0.1, 0.15) is 29.4 Å². The summed E-state index contributed by atoms with van der Waals surface area (Å²) in [5.41, 5.74) is 4.75. The van der Waals surface area contributed by atoms with Gasteiger partial charge in [0.1, 0.15) is 0 Å². The number of hydrogen-bond acceptors (Lipinski definition) is 4. The number of nitrogens with one attached hydrogen (secondary N) is 1. The van der Waals surface area contributed by atoms with Crippen LogP contribution in [0.2, 0.25) is 0 Å². The van der Waals surface area contributed by atoms with Gasteiger partial charge < -0.3 is 5.32 Å². The van der Waals surface area contributed by atoms with Gasteiger partial charge in [0, 0.05) is 39.0 Å². The Kier molecular flexibility index (Phi) is 5.02. The maximum Gasteiger partial charge on any atom is 0.217 e. The van der Waals surface area contributed by atoms with E-state index in [9.17, 15) is 4.79 Å². The molecule has 1 aliphatic heterocycles. The van der Waals surface area contributed by atoms with Gasteiger partial charge in [-0.1, -0.05) is 24.3 Å². The first-order chi connectivity index (χ1) is 13.2. The van der Waals surface area contributed by atoms with E-state index in [2.05, 4.69) is 55.4 Å². The number of nitrogens with zero attached hydrogens (tertiary/aromatic N) is 5. The molecule has 7 heteroatoms. The van der Waals surface area contributed by atoms with E-state index >= 15 is 0 Å². The van der Waals surface area contributed by atoms with Crippen molar-refractivity contribution in [1.29, 1.82) is 0 Å². The van der Waals surface area contributed by atoms with Crippen molar-refractivity contribution in [3.05, 3.63) is 71.3 Å². The number of amides is 1. The van der Waals surface area contributed by atoms with E-state index in [4.69, 9.17) is 0 Å². The van der Waals surface area contributed by atoms with Gasteiger partial charge in [-0.25, -0.2) is 0 Å². The van der Waals surface area contributed by atoms with Gasteiger partial charge in [-0.15, -0.1) is 0 Å². The molecule has 0 radical (unpaired) electrons. The van der Waals surface area contributed by atoms with Crippen LogP contribution in [-0.2, 0) is 37.5 Å². The number of fused-ring (bicyclic) bond motifs is 1. The maximum absolute atomic E-state index is 11.1. The highest BCUT2D eigenvalue weighted by Crippen LogP contribution is 2.19. The first kappa shape index (κ1) is 17.5. The minimum absolute atomic E-state index is 0.0311. The third-order valence-electron chi connectivity index (χ3n) is 4.85. The maximum atomic E-state index is 11.1. The van der Waals surface area contributed by atoms with Crippen LogP contribution < -0.4 is 5.32 Å². The van der Waals surface area contributed by atoms with Gasteiger partial charge in [-0.3, -0.25) is 19.1 Å². The summed E-state index contributed by atoms with van der Waals surface area (Å²) in [6.45, 7) is 6.41. The molecule has 1 aromatic carbocycles. The zero-order chi connectivity index (χ0) is 18.6. The van der Waals surface area contributed by atoms with Crippen molar-refractivity contribution in [2.45, 2.75) is 39.6 Å². The second-order valence-electron chi connectivity index (χ2n) is 6.94. The summed E-state index contributed by atoms with van der Waals surface area (Å²) < 4.78 is 4.02. The van der Waals surface area contributed by atoms with Gasteiger partial charge >= 0.3 is 0 Å². The number of carbonyl (C=O) groups excluding carboxylic acids is 1. The quantitative estimate of drug-likeness (QED) is 0.724. The molecule has 2 aromatic heterocycles. The Bertz CT molecular complexity index is 914. The largest absolute Gasteiger partial charge is 0.351 e. The molecule has 140 valence electrons. The summed E-state index contributed by atoms with van der Waals surface area (Å²) in [6.07, 6.45) is 3.81. The molecule has 4 rings (SSSR count). The van der Waals surface area contributed by atoms with Crippen LogP contribution in [0.15, 0.2) is 48.8 Å². The number of hydrogen-bond donors (Lipinski definition) is 1. The van der Waals surface area contributed by atoms with Crippen molar-refractivity contribution in [1.82, 2.24) is 29.8 Å². The first-order valence-corrected chi connectivity index (χ1v) is 9.24. The number of aromatic nitrogens is 4. The average Bonchev–Trinajstić information content (AvgIpc) is 3.30. The molecule has 0 aliphatic carbocycles. The van der Waals surface area contributed by atoms with Gasteiger partial charge in [-0.2, -0.15) is 10.2 Å².